The van der Waals surface area contributed by atoms with Gasteiger partial charge in [0.15, 0.2) is 0 Å². The molecule has 0 aromatic rings. The maximum atomic E-state index is 9.55. The molecule has 6 N–H and O–H groups in total. The Balaban J connectivity index is -0.000000179. The normalized spacial score (nSPS) is 7.88. The summed E-state index contributed by atoms with van der Waals surface area (Å²) in [6.07, 6.45) is 1.12. The molecule has 0 aliphatic heterocycles. The summed E-state index contributed by atoms with van der Waals surface area (Å²) in [7, 11) is 0. The van der Waals surface area contributed by atoms with Gasteiger partial charge < -0.3 is 21.7 Å². The van der Waals surface area contributed by atoms with Gasteiger partial charge in [-0.05, 0) is 0 Å². The summed E-state index contributed by atoms with van der Waals surface area (Å²) in [5.41, 5.74) is 8.94. The van der Waals surface area contributed by atoms with E-state index in [1.807, 2.05) is 0 Å². The molecular weight excluding hydrogens is 220 g/mol. The van der Waals surface area contributed by atoms with Crippen molar-refractivity contribution in [1.82, 2.24) is 0 Å². The molecule has 0 spiro atoms. The Morgan fingerprint density at radius 3 is 1.00 bits per heavy atom. The molecule has 0 unspecified atom stereocenters. The van der Waals surface area contributed by atoms with Crippen molar-refractivity contribution in [1.29, 1.82) is 0 Å². The number of carboxylic acid groups (broad SMARTS) is 2. The van der Waals surface area contributed by atoms with Crippen molar-refractivity contribution >= 4 is 23.8 Å². The third kappa shape index (κ3) is 191. The SMILES string of the molecule is CC(N)=O.CC(N)=O.O=C(O)/C=C/C(=O)O. The van der Waals surface area contributed by atoms with Gasteiger partial charge in [-0.25, -0.2) is 9.59 Å². The number of hydrogen-bond donors (Lipinski definition) is 4. The van der Waals surface area contributed by atoms with E-state index in [1.54, 1.807) is 0 Å². The van der Waals surface area contributed by atoms with Crippen molar-refractivity contribution in [2.24, 2.45) is 11.5 Å². The molecule has 92 valence electrons. The molecular formula is C8H14N2O6. The van der Waals surface area contributed by atoms with Gasteiger partial charge in [0.2, 0.25) is 11.8 Å². The molecule has 0 saturated heterocycles. The molecule has 0 bridgehead atoms. The highest BCUT2D eigenvalue weighted by Gasteiger charge is 1.88. The summed E-state index contributed by atoms with van der Waals surface area (Å²) in [5, 5.41) is 15.6. The van der Waals surface area contributed by atoms with Crippen LogP contribution in [-0.2, 0) is 19.2 Å². The van der Waals surface area contributed by atoms with Gasteiger partial charge in [0, 0.05) is 26.0 Å². The van der Waals surface area contributed by atoms with Crippen molar-refractivity contribution < 1.29 is 29.4 Å². The van der Waals surface area contributed by atoms with Gasteiger partial charge in [0.25, 0.3) is 0 Å². The molecule has 0 rings (SSSR count). The van der Waals surface area contributed by atoms with E-state index in [2.05, 4.69) is 11.5 Å². The molecule has 0 aliphatic rings. The number of rotatable bonds is 2. The average molecular weight is 234 g/mol. The van der Waals surface area contributed by atoms with Crippen molar-refractivity contribution in [3.8, 4) is 0 Å². The lowest BCUT2D eigenvalue weighted by molar-refractivity contribution is -0.134. The number of primary amides is 2. The van der Waals surface area contributed by atoms with E-state index in [0.717, 1.165) is 0 Å². The Bertz CT molecular complexity index is 248. The second-order valence-electron chi connectivity index (χ2n) is 2.23. The van der Waals surface area contributed by atoms with Gasteiger partial charge in [-0.1, -0.05) is 0 Å². The molecule has 0 aromatic carbocycles. The zero-order valence-electron chi connectivity index (χ0n) is 8.84. The highest BCUT2D eigenvalue weighted by atomic mass is 16.4. The zero-order chi connectivity index (χ0) is 13.7. The van der Waals surface area contributed by atoms with Crippen molar-refractivity contribution in [3.05, 3.63) is 12.2 Å². The standard InChI is InChI=1S/C4H4O4.2C2H5NO/c5-3(6)1-2-4(7)8;2*1-2(3)4/h1-2H,(H,5,6)(H,7,8);2*1H3,(H2,3,4)/b2-1+;;. The summed E-state index contributed by atoms with van der Waals surface area (Å²) in [6, 6.07) is 0. The lowest BCUT2D eigenvalue weighted by Crippen LogP contribution is -2.01. The number of aliphatic carboxylic acids is 2. The second kappa shape index (κ2) is 12.6. The first-order valence-electron chi connectivity index (χ1n) is 3.75. The Morgan fingerprint density at radius 2 is 0.938 bits per heavy atom. The quantitative estimate of drug-likeness (QED) is 0.434. The molecule has 0 aliphatic carbocycles. The van der Waals surface area contributed by atoms with Crippen LogP contribution in [0.15, 0.2) is 12.2 Å². The molecule has 0 aromatic heterocycles. The van der Waals surface area contributed by atoms with Crippen LogP contribution in [0.3, 0.4) is 0 Å². The van der Waals surface area contributed by atoms with Crippen LogP contribution in [0.5, 0.6) is 0 Å². The van der Waals surface area contributed by atoms with Gasteiger partial charge in [-0.15, -0.1) is 0 Å². The Hall–Kier alpha value is -2.38. The molecule has 16 heavy (non-hydrogen) atoms. The predicted octanol–water partition coefficient (Wildman–Crippen LogP) is -1.30. The largest absolute Gasteiger partial charge is 0.478 e. The van der Waals surface area contributed by atoms with Crippen LogP contribution in [0.4, 0.5) is 0 Å². The molecule has 0 heterocycles. The fourth-order valence-electron chi connectivity index (χ4n) is 0.143. The summed E-state index contributed by atoms with van der Waals surface area (Å²) >= 11 is 0. The number of amides is 2. The topological polar surface area (TPSA) is 161 Å². The smallest absolute Gasteiger partial charge is 0.328 e. The van der Waals surface area contributed by atoms with Crippen LogP contribution in [0, 0.1) is 0 Å². The molecule has 0 atom stereocenters. The lowest BCUT2D eigenvalue weighted by atomic mass is 10.5. The van der Waals surface area contributed by atoms with Gasteiger partial charge >= 0.3 is 11.9 Å². The predicted molar refractivity (Wildman–Crippen MR) is 54.1 cm³/mol. The van der Waals surface area contributed by atoms with E-state index in [9.17, 15) is 19.2 Å². The molecule has 0 radical (unpaired) electrons. The lowest BCUT2D eigenvalue weighted by Gasteiger charge is -1.74. The molecule has 8 heteroatoms. The van der Waals surface area contributed by atoms with Crippen LogP contribution in [0.25, 0.3) is 0 Å². The van der Waals surface area contributed by atoms with Gasteiger partial charge in [-0.2, -0.15) is 0 Å². The van der Waals surface area contributed by atoms with Crippen molar-refractivity contribution in [2.45, 2.75) is 13.8 Å². The maximum Gasteiger partial charge on any atom is 0.328 e. The van der Waals surface area contributed by atoms with Crippen LogP contribution < -0.4 is 11.5 Å². The van der Waals surface area contributed by atoms with Gasteiger partial charge in [-0.3, -0.25) is 9.59 Å². The molecule has 8 nitrogen and oxygen atoms in total. The van der Waals surface area contributed by atoms with Gasteiger partial charge in [0.05, 0.1) is 0 Å². The molecule has 0 fully saturated rings. The van der Waals surface area contributed by atoms with Crippen molar-refractivity contribution in [2.75, 3.05) is 0 Å². The third-order valence-electron chi connectivity index (χ3n) is 0.368. The fraction of sp³-hybridized carbons (Fsp3) is 0.250. The monoisotopic (exact) mass is 234 g/mol. The van der Waals surface area contributed by atoms with Crippen LogP contribution in [0.2, 0.25) is 0 Å². The first kappa shape index (κ1) is 19.2. The molecule has 0 saturated carbocycles. The van der Waals surface area contributed by atoms with E-state index in [-0.39, 0.29) is 11.8 Å². The van der Waals surface area contributed by atoms with Gasteiger partial charge in [0.1, 0.15) is 0 Å². The summed E-state index contributed by atoms with van der Waals surface area (Å²) in [6.45, 7) is 2.61. The van der Waals surface area contributed by atoms with E-state index >= 15 is 0 Å². The fourth-order valence-corrected chi connectivity index (χ4v) is 0.143. The van der Waals surface area contributed by atoms with Crippen molar-refractivity contribution in [3.63, 3.8) is 0 Å². The minimum Gasteiger partial charge on any atom is -0.478 e. The van der Waals surface area contributed by atoms with Crippen LogP contribution in [0.1, 0.15) is 13.8 Å². The second-order valence-corrected chi connectivity index (χ2v) is 2.23. The Kier molecular flexibility index (Phi) is 15.2. The Morgan fingerprint density at radius 1 is 0.812 bits per heavy atom. The summed E-state index contributed by atoms with van der Waals surface area (Å²) < 4.78 is 0. The number of carbonyl (C=O) groups is 4. The minimum atomic E-state index is -1.26. The number of nitrogens with two attached hydrogens (primary N) is 2. The third-order valence-corrected chi connectivity index (χ3v) is 0.368. The number of carboxylic acids is 2. The average Bonchev–Trinajstić information content (AvgIpc) is 1.98. The maximum absolute atomic E-state index is 9.55. The van der Waals surface area contributed by atoms with E-state index in [0.29, 0.717) is 12.2 Å². The molecule has 2 amide bonds. The highest BCUT2D eigenvalue weighted by Crippen LogP contribution is 1.70. The number of carbonyl (C=O) groups excluding carboxylic acids is 2. The summed E-state index contributed by atoms with van der Waals surface area (Å²) in [4.78, 5) is 37.6. The summed E-state index contributed by atoms with van der Waals surface area (Å²) in [5.74, 6) is -3.18. The minimum absolute atomic E-state index is 0.333. The van der Waals surface area contributed by atoms with E-state index in [4.69, 9.17) is 10.2 Å². The first-order valence-corrected chi connectivity index (χ1v) is 3.75. The number of hydrogen-bond acceptors (Lipinski definition) is 4. The van der Waals surface area contributed by atoms with Crippen LogP contribution >= 0.6 is 0 Å². The Labute approximate surface area is 91.5 Å². The van der Waals surface area contributed by atoms with E-state index in [1.165, 1.54) is 13.8 Å². The first-order chi connectivity index (χ1) is 7.09. The highest BCUT2D eigenvalue weighted by molar-refractivity contribution is 5.89. The van der Waals surface area contributed by atoms with E-state index < -0.39 is 11.9 Å². The zero-order valence-corrected chi connectivity index (χ0v) is 8.84. The van der Waals surface area contributed by atoms with Crippen LogP contribution in [-0.4, -0.2) is 34.0 Å².